The first kappa shape index (κ1) is 27.1. The van der Waals surface area contributed by atoms with E-state index in [2.05, 4.69) is 20.6 Å². The monoisotopic (exact) mass is 574 g/mol. The first-order valence-corrected chi connectivity index (χ1v) is 10.0. The molecule has 1 heterocycles. The maximum atomic E-state index is 13.8. The zero-order valence-corrected chi connectivity index (χ0v) is 20.5. The number of esters is 1. The van der Waals surface area contributed by atoms with Crippen LogP contribution in [0.15, 0.2) is 11.1 Å². The van der Waals surface area contributed by atoms with E-state index in [-0.39, 0.29) is 42.6 Å². The Morgan fingerprint density at radius 3 is 2.39 bits per heavy atom. The minimum atomic E-state index is -1.49. The summed E-state index contributed by atoms with van der Waals surface area (Å²) in [7, 11) is 0. The molecule has 1 unspecified atom stereocenters. The van der Waals surface area contributed by atoms with E-state index in [0.29, 0.717) is 22.1 Å². The Hall–Kier alpha value is -1.96. The van der Waals surface area contributed by atoms with Crippen molar-refractivity contribution < 1.29 is 27.1 Å². The van der Waals surface area contributed by atoms with Crippen LogP contribution in [0.4, 0.5) is 17.6 Å². The summed E-state index contributed by atoms with van der Waals surface area (Å²) in [5.74, 6) is -6.28. The molecule has 0 saturated carbocycles. The molecule has 0 aliphatic carbocycles. The SMILES string of the molecule is CCNC(=NCc1c(F)c(F)cc(F)c1F)NC(C)c1nc(C)c(C(=O)OCC)s1.I. The molecule has 0 saturated heterocycles. The van der Waals surface area contributed by atoms with Gasteiger partial charge in [-0.25, -0.2) is 32.3 Å². The highest BCUT2D eigenvalue weighted by Crippen LogP contribution is 2.24. The van der Waals surface area contributed by atoms with Gasteiger partial charge in [0.05, 0.1) is 30.5 Å². The smallest absolute Gasteiger partial charge is 0.350 e. The van der Waals surface area contributed by atoms with E-state index in [4.69, 9.17) is 4.74 Å². The number of hydrogen-bond acceptors (Lipinski definition) is 5. The fourth-order valence-electron chi connectivity index (χ4n) is 2.49. The van der Waals surface area contributed by atoms with Gasteiger partial charge in [0.2, 0.25) is 0 Å². The highest BCUT2D eigenvalue weighted by atomic mass is 127. The lowest BCUT2D eigenvalue weighted by Gasteiger charge is -2.16. The summed E-state index contributed by atoms with van der Waals surface area (Å²) in [6, 6.07) is -0.274. The Bertz CT molecular complexity index is 929. The minimum Gasteiger partial charge on any atom is -0.462 e. The number of guanidine groups is 1. The van der Waals surface area contributed by atoms with Crippen molar-refractivity contribution in [3.63, 3.8) is 0 Å². The van der Waals surface area contributed by atoms with Gasteiger partial charge in [-0.2, -0.15) is 0 Å². The van der Waals surface area contributed by atoms with Gasteiger partial charge in [-0.1, -0.05) is 0 Å². The number of benzene rings is 1. The van der Waals surface area contributed by atoms with Gasteiger partial charge >= 0.3 is 5.97 Å². The number of hydrogen-bond donors (Lipinski definition) is 2. The number of aromatic nitrogens is 1. The normalized spacial score (nSPS) is 12.2. The summed E-state index contributed by atoms with van der Waals surface area (Å²) in [5, 5.41) is 6.43. The second-order valence-corrected chi connectivity index (χ2v) is 7.23. The van der Waals surface area contributed by atoms with Gasteiger partial charge in [0.25, 0.3) is 0 Å². The van der Waals surface area contributed by atoms with Gasteiger partial charge in [0.15, 0.2) is 29.2 Å². The summed E-state index contributed by atoms with van der Waals surface area (Å²) in [6.45, 7) is 6.95. The van der Waals surface area contributed by atoms with E-state index >= 15 is 0 Å². The molecule has 6 nitrogen and oxygen atoms in total. The third-order valence-electron chi connectivity index (χ3n) is 3.94. The Morgan fingerprint density at radius 2 is 1.84 bits per heavy atom. The number of carbonyl (C=O) groups excluding carboxylic acids is 1. The van der Waals surface area contributed by atoms with Crippen LogP contribution in [-0.2, 0) is 11.3 Å². The van der Waals surface area contributed by atoms with Crippen LogP contribution < -0.4 is 10.6 Å². The molecule has 0 aliphatic rings. The number of nitrogens with zero attached hydrogens (tertiary/aromatic N) is 2. The largest absolute Gasteiger partial charge is 0.462 e. The zero-order chi connectivity index (χ0) is 22.4. The molecule has 0 fully saturated rings. The molecule has 0 bridgehead atoms. The Balaban J connectivity index is 0.00000480. The van der Waals surface area contributed by atoms with Crippen LogP contribution in [0, 0.1) is 30.2 Å². The molecule has 31 heavy (non-hydrogen) atoms. The molecule has 0 radical (unpaired) electrons. The van der Waals surface area contributed by atoms with Crippen molar-refractivity contribution in [2.75, 3.05) is 13.2 Å². The lowest BCUT2D eigenvalue weighted by molar-refractivity contribution is 0.0531. The summed E-state index contributed by atoms with van der Waals surface area (Å²) >= 11 is 1.15. The molecule has 2 aromatic rings. The second-order valence-electron chi connectivity index (χ2n) is 6.20. The van der Waals surface area contributed by atoms with E-state index in [1.54, 1.807) is 27.7 Å². The Labute approximate surface area is 198 Å². The van der Waals surface area contributed by atoms with E-state index in [0.717, 1.165) is 11.3 Å². The van der Waals surface area contributed by atoms with E-state index < -0.39 is 47.4 Å². The predicted molar refractivity (Wildman–Crippen MR) is 121 cm³/mol. The molecule has 0 aliphatic heterocycles. The third-order valence-corrected chi connectivity index (χ3v) is 5.26. The quantitative estimate of drug-likeness (QED) is 0.126. The van der Waals surface area contributed by atoms with Crippen molar-refractivity contribution in [1.82, 2.24) is 15.6 Å². The molecule has 172 valence electrons. The first-order chi connectivity index (χ1) is 14.2. The fourth-order valence-corrected chi connectivity index (χ4v) is 3.46. The maximum Gasteiger partial charge on any atom is 0.350 e. The van der Waals surface area contributed by atoms with E-state index in [9.17, 15) is 22.4 Å². The zero-order valence-electron chi connectivity index (χ0n) is 17.3. The van der Waals surface area contributed by atoms with Gasteiger partial charge in [-0.15, -0.1) is 35.3 Å². The van der Waals surface area contributed by atoms with Crippen molar-refractivity contribution in [3.05, 3.63) is 50.5 Å². The Morgan fingerprint density at radius 1 is 1.23 bits per heavy atom. The lowest BCUT2D eigenvalue weighted by atomic mass is 10.2. The predicted octanol–water partition coefficient (Wildman–Crippen LogP) is 4.62. The molecule has 2 rings (SSSR count). The van der Waals surface area contributed by atoms with Gasteiger partial charge in [0.1, 0.15) is 9.88 Å². The van der Waals surface area contributed by atoms with Crippen molar-refractivity contribution in [2.45, 2.75) is 40.3 Å². The molecule has 1 atom stereocenters. The van der Waals surface area contributed by atoms with Crippen LogP contribution in [0.2, 0.25) is 0 Å². The van der Waals surface area contributed by atoms with Crippen molar-refractivity contribution in [3.8, 4) is 0 Å². The summed E-state index contributed by atoms with van der Waals surface area (Å²) in [6.07, 6.45) is 0. The average molecular weight is 574 g/mol. The van der Waals surface area contributed by atoms with Crippen molar-refractivity contribution in [2.24, 2.45) is 4.99 Å². The summed E-state index contributed by atoms with van der Waals surface area (Å²) in [4.78, 5) is 20.7. The molecule has 0 spiro atoms. The number of nitrogens with one attached hydrogen (secondary N) is 2. The third kappa shape index (κ3) is 6.76. The van der Waals surface area contributed by atoms with Crippen LogP contribution >= 0.6 is 35.3 Å². The van der Waals surface area contributed by atoms with Crippen LogP contribution in [0.5, 0.6) is 0 Å². The maximum absolute atomic E-state index is 13.8. The summed E-state index contributed by atoms with van der Waals surface area (Å²) in [5.41, 5.74) is -0.296. The lowest BCUT2D eigenvalue weighted by Crippen LogP contribution is -2.38. The Kier molecular flexibility index (Phi) is 10.6. The first-order valence-electron chi connectivity index (χ1n) is 9.20. The van der Waals surface area contributed by atoms with Crippen molar-refractivity contribution in [1.29, 1.82) is 0 Å². The molecule has 0 amide bonds. The van der Waals surface area contributed by atoms with Gasteiger partial charge in [-0.3, -0.25) is 0 Å². The van der Waals surface area contributed by atoms with Crippen LogP contribution in [-0.4, -0.2) is 30.1 Å². The van der Waals surface area contributed by atoms with E-state index in [1.165, 1.54) is 0 Å². The molecule has 1 aromatic heterocycles. The molecular weight excluding hydrogens is 551 g/mol. The molecule has 2 N–H and O–H groups in total. The number of halogens is 5. The van der Waals surface area contributed by atoms with Crippen LogP contribution in [0.3, 0.4) is 0 Å². The number of rotatable bonds is 7. The van der Waals surface area contributed by atoms with Crippen LogP contribution in [0.25, 0.3) is 0 Å². The molecule has 1 aromatic carbocycles. The van der Waals surface area contributed by atoms with Crippen molar-refractivity contribution >= 4 is 47.2 Å². The topological polar surface area (TPSA) is 75.6 Å². The number of carbonyl (C=O) groups is 1. The molecular formula is C19H23F4IN4O2S. The van der Waals surface area contributed by atoms with E-state index in [1.807, 2.05) is 0 Å². The summed E-state index contributed by atoms with van der Waals surface area (Å²) < 4.78 is 59.4. The van der Waals surface area contributed by atoms with Crippen LogP contribution in [0.1, 0.15) is 52.7 Å². The highest BCUT2D eigenvalue weighted by Gasteiger charge is 2.21. The second kappa shape index (κ2) is 12.2. The highest BCUT2D eigenvalue weighted by molar-refractivity contribution is 14.0. The minimum absolute atomic E-state index is 0. The number of thiazole rings is 1. The van der Waals surface area contributed by atoms with Gasteiger partial charge < -0.3 is 15.4 Å². The molecule has 12 heteroatoms. The van der Waals surface area contributed by atoms with Gasteiger partial charge in [0, 0.05) is 12.6 Å². The average Bonchev–Trinajstić information content (AvgIpc) is 3.08. The van der Waals surface area contributed by atoms with Gasteiger partial charge in [-0.05, 0) is 27.7 Å². The number of aryl methyl sites for hydroxylation is 1. The number of aliphatic imine (C=N–C) groups is 1. The fraction of sp³-hybridized carbons (Fsp3) is 0.421. The standard InChI is InChI=1S/C19H22F4N4O2S.HI/c1-5-24-19(25-8-11-14(22)12(20)7-13(21)15(11)23)27-10(4)17-26-9(3)16(30-17)18(28)29-6-2;/h7,10H,5-6,8H2,1-4H3,(H2,24,25,27);1H. The number of ether oxygens (including phenoxy) is 1.